The van der Waals surface area contributed by atoms with Crippen LogP contribution < -0.4 is 9.47 Å². The molecule has 2 aromatic rings. The molecular formula is C19H26N4O2S. The number of hydrogen-bond donors (Lipinski definition) is 0. The van der Waals surface area contributed by atoms with E-state index in [0.717, 1.165) is 67.0 Å². The number of benzene rings is 1. The third kappa shape index (κ3) is 4.94. The van der Waals surface area contributed by atoms with E-state index < -0.39 is 0 Å². The molecule has 0 fully saturated rings. The number of thioether (sulfide) groups is 1. The van der Waals surface area contributed by atoms with Crippen molar-refractivity contribution in [3.05, 3.63) is 42.5 Å². The van der Waals surface area contributed by atoms with Gasteiger partial charge >= 0.3 is 0 Å². The normalized spacial score (nSPS) is 14.0. The van der Waals surface area contributed by atoms with Gasteiger partial charge in [0.05, 0.1) is 20.5 Å². The van der Waals surface area contributed by atoms with Gasteiger partial charge in [-0.15, -0.1) is 0 Å². The zero-order chi connectivity index (χ0) is 18.2. The van der Waals surface area contributed by atoms with Crippen LogP contribution in [0.1, 0.15) is 18.4 Å². The molecule has 26 heavy (non-hydrogen) atoms. The number of hydrogen-bond acceptors (Lipinski definition) is 6. The first-order valence-corrected chi connectivity index (χ1v) is 9.87. The van der Waals surface area contributed by atoms with Gasteiger partial charge in [0.25, 0.3) is 0 Å². The van der Waals surface area contributed by atoms with Crippen LogP contribution in [0.3, 0.4) is 0 Å². The van der Waals surface area contributed by atoms with E-state index in [0.29, 0.717) is 0 Å². The molecule has 0 N–H and O–H groups in total. The summed E-state index contributed by atoms with van der Waals surface area (Å²) in [7, 11) is 3.37. The highest BCUT2D eigenvalue weighted by Crippen LogP contribution is 2.27. The van der Waals surface area contributed by atoms with Crippen molar-refractivity contribution >= 4 is 16.9 Å². The molecular weight excluding hydrogens is 348 g/mol. The smallest absolute Gasteiger partial charge is 0.159 e. The average molecular weight is 375 g/mol. The first-order valence-electron chi connectivity index (χ1n) is 8.89. The summed E-state index contributed by atoms with van der Waals surface area (Å²) in [6.07, 6.45) is 7.88. The molecule has 0 bridgehead atoms. The number of aromatic nitrogens is 2. The van der Waals surface area contributed by atoms with Crippen molar-refractivity contribution in [2.24, 2.45) is 4.99 Å². The minimum absolute atomic E-state index is 0.781. The monoisotopic (exact) mass is 374 g/mol. The van der Waals surface area contributed by atoms with Crippen LogP contribution in [0.15, 0.2) is 41.9 Å². The molecule has 140 valence electrons. The van der Waals surface area contributed by atoms with Crippen LogP contribution in [-0.2, 0) is 13.1 Å². The lowest BCUT2D eigenvalue weighted by molar-refractivity contribution is 0.366. The predicted octanol–water partition coefficient (Wildman–Crippen LogP) is 3.29. The summed E-state index contributed by atoms with van der Waals surface area (Å²) in [5.41, 5.74) is 1.14. The molecule has 0 spiro atoms. The maximum Gasteiger partial charge on any atom is 0.159 e. The lowest BCUT2D eigenvalue weighted by Gasteiger charge is -2.28. The van der Waals surface area contributed by atoms with E-state index in [1.807, 2.05) is 42.6 Å². The topological polar surface area (TPSA) is 51.9 Å². The van der Waals surface area contributed by atoms with E-state index in [1.54, 1.807) is 14.2 Å². The highest BCUT2D eigenvalue weighted by molar-refractivity contribution is 8.13. The zero-order valence-electron chi connectivity index (χ0n) is 15.4. The van der Waals surface area contributed by atoms with Crippen molar-refractivity contribution in [2.45, 2.75) is 25.9 Å². The van der Waals surface area contributed by atoms with Crippen LogP contribution in [0.25, 0.3) is 0 Å². The van der Waals surface area contributed by atoms with Gasteiger partial charge < -0.3 is 18.9 Å². The Morgan fingerprint density at radius 3 is 2.88 bits per heavy atom. The van der Waals surface area contributed by atoms with Gasteiger partial charge in [0, 0.05) is 56.0 Å². The van der Waals surface area contributed by atoms with Crippen molar-refractivity contribution in [1.29, 1.82) is 0 Å². The first-order chi connectivity index (χ1) is 12.8. The van der Waals surface area contributed by atoms with Crippen molar-refractivity contribution in [1.82, 2.24) is 14.5 Å². The third-order valence-corrected chi connectivity index (χ3v) is 5.45. The molecule has 0 aliphatic carbocycles. The van der Waals surface area contributed by atoms with Gasteiger partial charge in [0.15, 0.2) is 5.17 Å². The Hall–Kier alpha value is -2.15. The molecule has 0 saturated heterocycles. The minimum atomic E-state index is 0.781. The summed E-state index contributed by atoms with van der Waals surface area (Å²) in [6.45, 7) is 3.59. The van der Waals surface area contributed by atoms with Crippen molar-refractivity contribution in [2.75, 3.05) is 33.1 Å². The lowest BCUT2D eigenvalue weighted by atomic mass is 10.1. The van der Waals surface area contributed by atoms with E-state index >= 15 is 0 Å². The van der Waals surface area contributed by atoms with Crippen LogP contribution in [-0.4, -0.2) is 52.7 Å². The Morgan fingerprint density at radius 1 is 1.27 bits per heavy atom. The van der Waals surface area contributed by atoms with Gasteiger partial charge in [-0.2, -0.15) is 0 Å². The molecule has 0 unspecified atom stereocenters. The molecule has 2 heterocycles. The van der Waals surface area contributed by atoms with Gasteiger partial charge in [-0.3, -0.25) is 4.99 Å². The quantitative estimate of drug-likeness (QED) is 0.710. The second-order valence-electron chi connectivity index (χ2n) is 6.12. The van der Waals surface area contributed by atoms with E-state index in [1.165, 1.54) is 0 Å². The summed E-state index contributed by atoms with van der Waals surface area (Å²) in [6, 6.07) is 6.00. The van der Waals surface area contributed by atoms with E-state index in [2.05, 4.69) is 20.5 Å². The number of methoxy groups -OCH3 is 2. The summed E-state index contributed by atoms with van der Waals surface area (Å²) >= 11 is 1.85. The number of nitrogens with zero attached hydrogens (tertiary/aromatic N) is 4. The van der Waals surface area contributed by atoms with E-state index in [-0.39, 0.29) is 0 Å². The van der Waals surface area contributed by atoms with Gasteiger partial charge in [-0.05, 0) is 25.0 Å². The van der Waals surface area contributed by atoms with Crippen molar-refractivity contribution < 1.29 is 9.47 Å². The Bertz CT molecular complexity index is 718. The summed E-state index contributed by atoms with van der Waals surface area (Å²) < 4.78 is 13.0. The van der Waals surface area contributed by atoms with Gasteiger partial charge in [-0.1, -0.05) is 11.8 Å². The first kappa shape index (κ1) is 18.6. The Kier molecular flexibility index (Phi) is 6.82. The lowest BCUT2D eigenvalue weighted by Crippen LogP contribution is -2.32. The zero-order valence-corrected chi connectivity index (χ0v) is 16.2. The molecule has 0 amide bonds. The predicted molar refractivity (Wildman–Crippen MR) is 106 cm³/mol. The Balaban J connectivity index is 1.71. The molecule has 0 saturated carbocycles. The highest BCUT2D eigenvalue weighted by atomic mass is 32.2. The molecule has 3 rings (SSSR count). The third-order valence-electron chi connectivity index (χ3n) is 4.31. The van der Waals surface area contributed by atoms with Gasteiger partial charge in [0.1, 0.15) is 11.5 Å². The number of amidine groups is 1. The fraction of sp³-hybridized carbons (Fsp3) is 0.474. The molecule has 1 aromatic carbocycles. The maximum absolute atomic E-state index is 5.57. The minimum Gasteiger partial charge on any atom is -0.497 e. The fourth-order valence-corrected chi connectivity index (χ4v) is 3.91. The number of rotatable bonds is 8. The molecule has 0 atom stereocenters. The maximum atomic E-state index is 5.57. The van der Waals surface area contributed by atoms with Crippen LogP contribution in [0.2, 0.25) is 0 Å². The second kappa shape index (κ2) is 9.52. The standard InChI is InChI=1S/C19H26N4O2S/c1-24-17-6-5-16(18(13-17)25-2)14-23(19-21-7-3-12-26-19)10-4-9-22-11-8-20-15-22/h5-6,8,11,13,15H,3-4,7,9-10,12,14H2,1-2H3. The van der Waals surface area contributed by atoms with Crippen LogP contribution in [0.5, 0.6) is 11.5 Å². The summed E-state index contributed by atoms with van der Waals surface area (Å²) in [5, 5.41) is 1.14. The average Bonchev–Trinajstić information content (AvgIpc) is 3.21. The van der Waals surface area contributed by atoms with Gasteiger partial charge in [-0.25, -0.2) is 4.98 Å². The Morgan fingerprint density at radius 2 is 2.19 bits per heavy atom. The molecule has 7 heteroatoms. The second-order valence-corrected chi connectivity index (χ2v) is 7.18. The van der Waals surface area contributed by atoms with E-state index in [9.17, 15) is 0 Å². The summed E-state index contributed by atoms with van der Waals surface area (Å²) in [5.74, 6) is 2.79. The molecule has 1 aliphatic heterocycles. The largest absolute Gasteiger partial charge is 0.497 e. The molecule has 0 radical (unpaired) electrons. The van der Waals surface area contributed by atoms with Crippen LogP contribution in [0.4, 0.5) is 0 Å². The molecule has 1 aliphatic rings. The number of ether oxygens (including phenoxy) is 2. The van der Waals surface area contributed by atoms with E-state index in [4.69, 9.17) is 14.5 Å². The Labute approximate surface area is 159 Å². The summed E-state index contributed by atoms with van der Waals surface area (Å²) in [4.78, 5) is 11.2. The van der Waals surface area contributed by atoms with Crippen molar-refractivity contribution in [3.8, 4) is 11.5 Å². The molecule has 1 aromatic heterocycles. The van der Waals surface area contributed by atoms with Crippen molar-refractivity contribution in [3.63, 3.8) is 0 Å². The molecule has 6 nitrogen and oxygen atoms in total. The van der Waals surface area contributed by atoms with Crippen LogP contribution in [0, 0.1) is 0 Å². The number of aliphatic imine (C=N–C) groups is 1. The highest BCUT2D eigenvalue weighted by Gasteiger charge is 2.17. The fourth-order valence-electron chi connectivity index (χ4n) is 2.93. The van der Waals surface area contributed by atoms with Crippen LogP contribution >= 0.6 is 11.8 Å². The SMILES string of the molecule is COc1ccc(CN(CCCn2ccnc2)C2=NCCCS2)c(OC)c1. The van der Waals surface area contributed by atoms with Gasteiger partial charge in [0.2, 0.25) is 0 Å². The number of aryl methyl sites for hydroxylation is 1. The number of imidazole rings is 1.